The van der Waals surface area contributed by atoms with Crippen molar-refractivity contribution in [3.8, 4) is 11.5 Å². The minimum absolute atomic E-state index is 0.0101. The molecule has 0 saturated carbocycles. The van der Waals surface area contributed by atoms with Gasteiger partial charge in [0, 0.05) is 37.1 Å². The summed E-state index contributed by atoms with van der Waals surface area (Å²) in [6.45, 7) is 6.28. The SMILES string of the molecule is COc1cccc(OC[C@@H]2c3ccsc3CCN2C(=O)CN(C[C@@H]2CCCO2)C(=O)CC(C)C)c1. The summed E-state index contributed by atoms with van der Waals surface area (Å²) in [6.07, 6.45) is 3.19. The van der Waals surface area contributed by atoms with Crippen molar-refractivity contribution in [2.24, 2.45) is 5.92 Å². The molecular weight excluding hydrogens is 464 g/mol. The molecule has 0 aliphatic carbocycles. The van der Waals surface area contributed by atoms with Gasteiger partial charge in [-0.2, -0.15) is 0 Å². The Balaban J connectivity index is 1.49. The Morgan fingerprint density at radius 1 is 1.26 bits per heavy atom. The van der Waals surface area contributed by atoms with Gasteiger partial charge in [-0.1, -0.05) is 19.9 Å². The number of methoxy groups -OCH3 is 1. The standard InChI is InChI=1S/C27H36N2O5S/c1-19(2)14-26(30)28(16-22-8-5-12-33-22)17-27(31)29-11-9-25-23(10-13-35-25)24(29)18-34-21-7-4-6-20(15-21)32-3/h4,6-7,10,13,15,19,22,24H,5,8-9,11-12,14,16-18H2,1-3H3/t22-,24+/m0/s1. The molecule has 2 aromatic rings. The molecule has 0 N–H and O–H groups in total. The first-order chi connectivity index (χ1) is 16.9. The molecule has 3 heterocycles. The van der Waals surface area contributed by atoms with Crippen LogP contribution >= 0.6 is 11.3 Å². The van der Waals surface area contributed by atoms with E-state index >= 15 is 0 Å². The van der Waals surface area contributed by atoms with E-state index in [1.807, 2.05) is 43.0 Å². The van der Waals surface area contributed by atoms with Gasteiger partial charge in [-0.15, -0.1) is 11.3 Å². The molecular formula is C27H36N2O5S. The molecule has 0 spiro atoms. The lowest BCUT2D eigenvalue weighted by atomic mass is 10.00. The van der Waals surface area contributed by atoms with Gasteiger partial charge in [-0.3, -0.25) is 9.59 Å². The van der Waals surface area contributed by atoms with Crippen LogP contribution < -0.4 is 9.47 Å². The highest BCUT2D eigenvalue weighted by atomic mass is 32.1. The number of nitrogens with zero attached hydrogens (tertiary/aromatic N) is 2. The summed E-state index contributed by atoms with van der Waals surface area (Å²) >= 11 is 1.72. The van der Waals surface area contributed by atoms with Crippen molar-refractivity contribution in [1.29, 1.82) is 0 Å². The first-order valence-electron chi connectivity index (χ1n) is 12.5. The molecule has 1 aromatic carbocycles. The molecule has 7 nitrogen and oxygen atoms in total. The molecule has 35 heavy (non-hydrogen) atoms. The Morgan fingerprint density at radius 2 is 2.09 bits per heavy atom. The summed E-state index contributed by atoms with van der Waals surface area (Å²) in [5.74, 6) is 1.63. The van der Waals surface area contributed by atoms with E-state index < -0.39 is 0 Å². The Bertz CT molecular complexity index is 1000. The van der Waals surface area contributed by atoms with Crippen molar-refractivity contribution in [3.05, 3.63) is 46.2 Å². The van der Waals surface area contributed by atoms with Gasteiger partial charge in [-0.25, -0.2) is 0 Å². The second-order valence-corrected chi connectivity index (χ2v) is 10.6. The highest BCUT2D eigenvalue weighted by molar-refractivity contribution is 7.10. The van der Waals surface area contributed by atoms with Crippen LogP contribution in [0.1, 0.15) is 49.6 Å². The highest BCUT2D eigenvalue weighted by Crippen LogP contribution is 2.34. The number of rotatable bonds is 10. The Morgan fingerprint density at radius 3 is 2.83 bits per heavy atom. The van der Waals surface area contributed by atoms with E-state index in [0.717, 1.165) is 37.2 Å². The van der Waals surface area contributed by atoms with Gasteiger partial charge in [-0.05, 0) is 54.3 Å². The molecule has 1 aromatic heterocycles. The molecule has 0 unspecified atom stereocenters. The molecule has 2 aliphatic heterocycles. The summed E-state index contributed by atoms with van der Waals surface area (Å²) in [5.41, 5.74) is 1.14. The highest BCUT2D eigenvalue weighted by Gasteiger charge is 2.34. The lowest BCUT2D eigenvalue weighted by molar-refractivity contribution is -0.144. The first-order valence-corrected chi connectivity index (χ1v) is 13.3. The minimum atomic E-state index is -0.200. The quantitative estimate of drug-likeness (QED) is 0.486. The monoisotopic (exact) mass is 500 g/mol. The Kier molecular flexibility index (Phi) is 8.68. The van der Waals surface area contributed by atoms with Crippen LogP contribution in [0.5, 0.6) is 11.5 Å². The van der Waals surface area contributed by atoms with Crippen LogP contribution in [0.3, 0.4) is 0 Å². The number of thiophene rings is 1. The van der Waals surface area contributed by atoms with Crippen LogP contribution in [0.2, 0.25) is 0 Å². The Hall–Kier alpha value is -2.58. The van der Waals surface area contributed by atoms with Gasteiger partial charge in [0.25, 0.3) is 0 Å². The van der Waals surface area contributed by atoms with E-state index in [1.54, 1.807) is 23.3 Å². The lowest BCUT2D eigenvalue weighted by Gasteiger charge is -2.37. The number of ether oxygens (including phenoxy) is 3. The van der Waals surface area contributed by atoms with Crippen molar-refractivity contribution in [1.82, 2.24) is 9.80 Å². The number of hydrogen-bond donors (Lipinski definition) is 0. The molecule has 2 atom stereocenters. The molecule has 4 rings (SSSR count). The normalized spacial score (nSPS) is 19.5. The lowest BCUT2D eigenvalue weighted by Crippen LogP contribution is -2.49. The topological polar surface area (TPSA) is 68.3 Å². The molecule has 1 saturated heterocycles. The summed E-state index contributed by atoms with van der Waals surface area (Å²) in [6, 6.07) is 9.38. The zero-order valence-corrected chi connectivity index (χ0v) is 21.7. The zero-order valence-electron chi connectivity index (χ0n) is 20.9. The van der Waals surface area contributed by atoms with Gasteiger partial charge in [0.05, 0.1) is 25.8 Å². The maximum atomic E-state index is 13.6. The molecule has 8 heteroatoms. The number of benzene rings is 1. The summed E-state index contributed by atoms with van der Waals surface area (Å²) in [4.78, 5) is 31.6. The van der Waals surface area contributed by atoms with E-state index in [-0.39, 0.29) is 36.4 Å². The fourth-order valence-corrected chi connectivity index (χ4v) is 5.69. The number of fused-ring (bicyclic) bond motifs is 1. The maximum absolute atomic E-state index is 13.6. The third kappa shape index (κ3) is 6.55. The zero-order chi connectivity index (χ0) is 24.8. The number of amides is 2. The van der Waals surface area contributed by atoms with Gasteiger partial charge >= 0.3 is 0 Å². The second-order valence-electron chi connectivity index (χ2n) is 9.65. The van der Waals surface area contributed by atoms with Crippen molar-refractivity contribution >= 4 is 23.2 Å². The van der Waals surface area contributed by atoms with Crippen LogP contribution in [0.25, 0.3) is 0 Å². The summed E-state index contributed by atoms with van der Waals surface area (Å²) < 4.78 is 17.2. The molecule has 0 radical (unpaired) electrons. The molecule has 1 fully saturated rings. The third-order valence-corrected chi connectivity index (χ3v) is 7.57. The van der Waals surface area contributed by atoms with Crippen molar-refractivity contribution in [2.45, 2.75) is 51.7 Å². The van der Waals surface area contributed by atoms with Crippen LogP contribution in [0, 0.1) is 5.92 Å². The molecule has 2 amide bonds. The third-order valence-electron chi connectivity index (χ3n) is 6.57. The van der Waals surface area contributed by atoms with Crippen molar-refractivity contribution in [3.63, 3.8) is 0 Å². The smallest absolute Gasteiger partial charge is 0.242 e. The van der Waals surface area contributed by atoms with Crippen molar-refractivity contribution in [2.75, 3.05) is 40.0 Å². The van der Waals surface area contributed by atoms with E-state index in [9.17, 15) is 9.59 Å². The molecule has 190 valence electrons. The van der Waals surface area contributed by atoms with Crippen LogP contribution in [0.15, 0.2) is 35.7 Å². The van der Waals surface area contributed by atoms with E-state index in [1.165, 1.54) is 4.88 Å². The average Bonchev–Trinajstić information content (AvgIpc) is 3.53. The van der Waals surface area contributed by atoms with Crippen LogP contribution in [-0.4, -0.2) is 67.7 Å². The van der Waals surface area contributed by atoms with Gasteiger partial charge in [0.1, 0.15) is 18.1 Å². The summed E-state index contributed by atoms with van der Waals surface area (Å²) in [5, 5.41) is 2.08. The second kappa shape index (κ2) is 11.9. The largest absolute Gasteiger partial charge is 0.497 e. The van der Waals surface area contributed by atoms with Crippen LogP contribution in [-0.2, 0) is 20.7 Å². The minimum Gasteiger partial charge on any atom is -0.497 e. The average molecular weight is 501 g/mol. The molecule has 0 bridgehead atoms. The van der Waals surface area contributed by atoms with E-state index in [2.05, 4.69) is 11.4 Å². The van der Waals surface area contributed by atoms with Crippen molar-refractivity contribution < 1.29 is 23.8 Å². The maximum Gasteiger partial charge on any atom is 0.242 e. The number of carbonyl (C=O) groups is 2. The predicted molar refractivity (Wildman–Crippen MR) is 136 cm³/mol. The van der Waals surface area contributed by atoms with Gasteiger partial charge < -0.3 is 24.0 Å². The number of hydrogen-bond acceptors (Lipinski definition) is 6. The van der Waals surface area contributed by atoms with Crippen LogP contribution in [0.4, 0.5) is 0 Å². The fourth-order valence-electron chi connectivity index (χ4n) is 4.76. The van der Waals surface area contributed by atoms with E-state index in [4.69, 9.17) is 14.2 Å². The summed E-state index contributed by atoms with van der Waals surface area (Å²) in [7, 11) is 1.63. The van der Waals surface area contributed by atoms with E-state index in [0.29, 0.717) is 31.9 Å². The fraction of sp³-hybridized carbons (Fsp3) is 0.556. The predicted octanol–water partition coefficient (Wildman–Crippen LogP) is 4.32. The Labute approximate surface area is 212 Å². The van der Waals surface area contributed by atoms with Gasteiger partial charge in [0.2, 0.25) is 11.8 Å². The molecule has 2 aliphatic rings. The number of carbonyl (C=O) groups excluding carboxylic acids is 2. The van der Waals surface area contributed by atoms with Gasteiger partial charge in [0.15, 0.2) is 0 Å². The first kappa shape index (κ1) is 25.5.